The van der Waals surface area contributed by atoms with E-state index in [-0.39, 0.29) is 6.10 Å². The van der Waals surface area contributed by atoms with Gasteiger partial charge in [0.2, 0.25) is 0 Å². The number of rotatable bonds is 6. The average Bonchev–Trinajstić information content (AvgIpc) is 3.30. The summed E-state index contributed by atoms with van der Waals surface area (Å²) >= 11 is 0. The van der Waals surface area contributed by atoms with E-state index in [9.17, 15) is 0 Å². The van der Waals surface area contributed by atoms with E-state index in [1.807, 2.05) is 19.4 Å². The number of benzene rings is 2. The minimum Gasteiger partial charge on any atom is -0.496 e. The Morgan fingerprint density at radius 2 is 2.08 bits per heavy atom. The summed E-state index contributed by atoms with van der Waals surface area (Å²) in [6, 6.07) is 12.6. The molecule has 3 aromatic rings. The average molecular weight is 351 g/mol. The topological polar surface area (TPSA) is 48.3 Å². The van der Waals surface area contributed by atoms with Crippen molar-refractivity contribution in [3.63, 3.8) is 0 Å². The Labute approximate surface area is 153 Å². The van der Waals surface area contributed by atoms with Crippen LogP contribution in [0.15, 0.2) is 48.8 Å². The number of nitrogens with one attached hydrogen (secondary N) is 1. The van der Waals surface area contributed by atoms with Crippen LogP contribution in [0.25, 0.3) is 10.8 Å². The van der Waals surface area contributed by atoms with Crippen molar-refractivity contribution >= 4 is 10.8 Å². The van der Waals surface area contributed by atoms with Crippen LogP contribution in [0.1, 0.15) is 23.9 Å². The molecule has 2 heterocycles. The number of methoxy groups -OCH3 is 1. The Balaban J connectivity index is 1.45. The third-order valence-electron chi connectivity index (χ3n) is 5.24. The highest BCUT2D eigenvalue weighted by Crippen LogP contribution is 2.33. The van der Waals surface area contributed by atoms with Crippen molar-refractivity contribution < 1.29 is 9.47 Å². The number of aryl methyl sites for hydroxylation is 1. The first-order valence-electron chi connectivity index (χ1n) is 9.12. The normalized spacial score (nSPS) is 19.9. The van der Waals surface area contributed by atoms with E-state index in [0.717, 1.165) is 43.1 Å². The summed E-state index contributed by atoms with van der Waals surface area (Å²) in [6.45, 7) is 2.54. The van der Waals surface area contributed by atoms with Crippen LogP contribution in [-0.2, 0) is 18.3 Å². The molecular formula is C21H25N3O2. The van der Waals surface area contributed by atoms with E-state index in [1.165, 1.54) is 10.9 Å². The second-order valence-electron chi connectivity index (χ2n) is 6.84. The van der Waals surface area contributed by atoms with Gasteiger partial charge in [0.05, 0.1) is 7.11 Å². The summed E-state index contributed by atoms with van der Waals surface area (Å²) in [7, 11) is 3.75. The molecule has 26 heavy (non-hydrogen) atoms. The molecule has 136 valence electrons. The Morgan fingerprint density at radius 3 is 2.85 bits per heavy atom. The van der Waals surface area contributed by atoms with Crippen LogP contribution in [0, 0.1) is 5.92 Å². The van der Waals surface area contributed by atoms with Crippen LogP contribution in [0.4, 0.5) is 0 Å². The van der Waals surface area contributed by atoms with Gasteiger partial charge >= 0.3 is 0 Å². The van der Waals surface area contributed by atoms with Crippen LogP contribution < -0.4 is 10.1 Å². The Hall–Kier alpha value is -2.37. The zero-order chi connectivity index (χ0) is 17.9. The molecule has 0 aliphatic carbocycles. The smallest absolute Gasteiger partial charge is 0.137 e. The summed E-state index contributed by atoms with van der Waals surface area (Å²) in [5.74, 6) is 2.38. The van der Waals surface area contributed by atoms with Crippen molar-refractivity contribution in [3.05, 3.63) is 60.2 Å². The molecule has 5 nitrogen and oxygen atoms in total. The van der Waals surface area contributed by atoms with Gasteiger partial charge in [0.25, 0.3) is 0 Å². The number of fused-ring (bicyclic) bond motifs is 1. The van der Waals surface area contributed by atoms with Crippen LogP contribution >= 0.6 is 0 Å². The predicted molar refractivity (Wildman–Crippen MR) is 102 cm³/mol. The molecule has 5 heteroatoms. The van der Waals surface area contributed by atoms with Crippen molar-refractivity contribution in [2.45, 2.75) is 19.1 Å². The highest BCUT2D eigenvalue weighted by Gasteiger charge is 2.31. The van der Waals surface area contributed by atoms with E-state index in [4.69, 9.17) is 9.47 Å². The van der Waals surface area contributed by atoms with Gasteiger partial charge in [-0.2, -0.15) is 0 Å². The molecule has 0 saturated carbocycles. The quantitative estimate of drug-likeness (QED) is 0.739. The maximum absolute atomic E-state index is 5.95. The molecule has 1 saturated heterocycles. The fourth-order valence-electron chi connectivity index (χ4n) is 3.84. The van der Waals surface area contributed by atoms with E-state index in [2.05, 4.69) is 51.3 Å². The van der Waals surface area contributed by atoms with Gasteiger partial charge in [-0.05, 0) is 23.4 Å². The van der Waals surface area contributed by atoms with E-state index < -0.39 is 0 Å². The molecule has 0 bridgehead atoms. The van der Waals surface area contributed by atoms with Gasteiger partial charge in [-0.3, -0.25) is 0 Å². The number of nitrogens with zero attached hydrogens (tertiary/aromatic N) is 2. The first kappa shape index (κ1) is 17.1. The highest BCUT2D eigenvalue weighted by molar-refractivity contribution is 5.91. The molecule has 4 rings (SSSR count). The molecule has 1 fully saturated rings. The van der Waals surface area contributed by atoms with Gasteiger partial charge in [0.1, 0.15) is 17.7 Å². The summed E-state index contributed by atoms with van der Waals surface area (Å²) in [4.78, 5) is 4.47. The lowest BCUT2D eigenvalue weighted by Crippen LogP contribution is -2.25. The maximum atomic E-state index is 5.95. The van der Waals surface area contributed by atoms with Gasteiger partial charge in [-0.15, -0.1) is 0 Å². The Kier molecular flexibility index (Phi) is 4.91. The lowest BCUT2D eigenvalue weighted by molar-refractivity contribution is 0.0811. The SMILES string of the molecule is COc1ccc(CNC[C@@H]2CCO[C@H]2c2nccn2C)c2ccccc12. The van der Waals surface area contributed by atoms with E-state index in [1.54, 1.807) is 7.11 Å². The van der Waals surface area contributed by atoms with Gasteiger partial charge in [0, 0.05) is 50.4 Å². The first-order valence-corrected chi connectivity index (χ1v) is 9.12. The summed E-state index contributed by atoms with van der Waals surface area (Å²) in [5.41, 5.74) is 1.29. The van der Waals surface area contributed by atoms with Crippen molar-refractivity contribution in [3.8, 4) is 5.75 Å². The fourth-order valence-corrected chi connectivity index (χ4v) is 3.84. The monoisotopic (exact) mass is 351 g/mol. The molecule has 2 aromatic carbocycles. The summed E-state index contributed by atoms with van der Waals surface area (Å²) in [5, 5.41) is 6.02. The second-order valence-corrected chi connectivity index (χ2v) is 6.84. The van der Waals surface area contributed by atoms with Crippen LogP contribution in [-0.4, -0.2) is 29.8 Å². The minimum atomic E-state index is 0.0788. The molecule has 1 aliphatic rings. The van der Waals surface area contributed by atoms with Crippen molar-refractivity contribution in [2.24, 2.45) is 13.0 Å². The largest absolute Gasteiger partial charge is 0.496 e. The molecule has 2 atom stereocenters. The zero-order valence-corrected chi connectivity index (χ0v) is 15.3. The lowest BCUT2D eigenvalue weighted by atomic mass is 10.00. The van der Waals surface area contributed by atoms with Crippen molar-refractivity contribution in [2.75, 3.05) is 20.3 Å². The Morgan fingerprint density at radius 1 is 1.23 bits per heavy atom. The summed E-state index contributed by atoms with van der Waals surface area (Å²) < 4.78 is 13.5. The third-order valence-corrected chi connectivity index (χ3v) is 5.24. The van der Waals surface area contributed by atoms with E-state index >= 15 is 0 Å². The number of aromatic nitrogens is 2. The number of hydrogen-bond acceptors (Lipinski definition) is 4. The maximum Gasteiger partial charge on any atom is 0.137 e. The number of imidazole rings is 1. The van der Waals surface area contributed by atoms with E-state index in [0.29, 0.717) is 5.92 Å². The Bertz CT molecular complexity index is 890. The summed E-state index contributed by atoms with van der Waals surface area (Å²) in [6.07, 6.45) is 4.96. The third kappa shape index (κ3) is 3.20. The molecule has 0 spiro atoms. The molecule has 1 aromatic heterocycles. The fraction of sp³-hybridized carbons (Fsp3) is 0.381. The van der Waals surface area contributed by atoms with Crippen molar-refractivity contribution in [1.82, 2.24) is 14.9 Å². The predicted octanol–water partition coefficient (Wildman–Crippen LogP) is 3.45. The molecule has 0 amide bonds. The van der Waals surface area contributed by atoms with Gasteiger partial charge in [0.15, 0.2) is 0 Å². The van der Waals surface area contributed by atoms with Crippen molar-refractivity contribution in [1.29, 1.82) is 0 Å². The molecule has 0 unspecified atom stereocenters. The number of ether oxygens (including phenoxy) is 2. The number of hydrogen-bond donors (Lipinski definition) is 1. The van der Waals surface area contributed by atoms with Gasteiger partial charge < -0.3 is 19.4 Å². The van der Waals surface area contributed by atoms with Gasteiger partial charge in [-0.25, -0.2) is 4.98 Å². The second kappa shape index (κ2) is 7.48. The lowest BCUT2D eigenvalue weighted by Gasteiger charge is -2.19. The van der Waals surface area contributed by atoms with Crippen LogP contribution in [0.5, 0.6) is 5.75 Å². The molecule has 1 aliphatic heterocycles. The van der Waals surface area contributed by atoms with Gasteiger partial charge in [-0.1, -0.05) is 30.3 Å². The molecular weight excluding hydrogens is 326 g/mol. The highest BCUT2D eigenvalue weighted by atomic mass is 16.5. The molecule has 0 radical (unpaired) electrons. The zero-order valence-electron chi connectivity index (χ0n) is 15.3. The minimum absolute atomic E-state index is 0.0788. The first-order chi connectivity index (χ1) is 12.8. The molecule has 1 N–H and O–H groups in total. The van der Waals surface area contributed by atoms with Crippen LogP contribution in [0.2, 0.25) is 0 Å². The van der Waals surface area contributed by atoms with Crippen LogP contribution in [0.3, 0.4) is 0 Å². The standard InChI is InChI=1S/C21H25N3O2/c1-24-11-10-23-21(24)20-16(9-12-26-20)14-22-13-15-7-8-19(25-2)18-6-4-3-5-17(15)18/h3-8,10-11,16,20,22H,9,12-14H2,1-2H3/t16-,20+/m0/s1.